The molecule has 0 bridgehead atoms. The van der Waals surface area contributed by atoms with Crippen molar-refractivity contribution >= 4 is 5.91 Å². The number of carbonyl (C=O) groups excluding carboxylic acids is 1. The first kappa shape index (κ1) is 11.7. The molecule has 1 atom stereocenters. The summed E-state index contributed by atoms with van der Waals surface area (Å²) in [6.45, 7) is 3.73. The Morgan fingerprint density at radius 3 is 3.07 bits per heavy atom. The third-order valence-corrected chi connectivity index (χ3v) is 2.03. The van der Waals surface area contributed by atoms with E-state index in [2.05, 4.69) is 22.4 Å². The Bertz CT molecular complexity index is 322. The molecule has 3 N–H and O–H groups in total. The zero-order valence-corrected chi connectivity index (χ0v) is 9.08. The zero-order chi connectivity index (χ0) is 11.3. The largest absolute Gasteiger partial charge is 0.394 e. The molecule has 5 nitrogen and oxygen atoms in total. The van der Waals surface area contributed by atoms with E-state index in [9.17, 15) is 4.79 Å². The van der Waals surface area contributed by atoms with Crippen LogP contribution in [0.2, 0.25) is 0 Å². The lowest BCUT2D eigenvalue weighted by molar-refractivity contribution is 0.0917. The lowest BCUT2D eigenvalue weighted by Crippen LogP contribution is -2.35. The number of nitrogens with one attached hydrogen (secondary N) is 2. The Balaban J connectivity index is 2.58. The molecule has 0 fully saturated rings. The van der Waals surface area contributed by atoms with E-state index in [1.165, 1.54) is 0 Å². The van der Waals surface area contributed by atoms with Crippen molar-refractivity contribution in [1.82, 2.24) is 15.5 Å². The van der Waals surface area contributed by atoms with Gasteiger partial charge in [-0.15, -0.1) is 0 Å². The minimum absolute atomic E-state index is 0.0714. The monoisotopic (exact) mass is 211 g/mol. The van der Waals surface area contributed by atoms with E-state index in [-0.39, 0.29) is 18.6 Å². The topological polar surface area (TPSA) is 78.0 Å². The number of hydrogen-bond donors (Lipinski definition) is 3. The van der Waals surface area contributed by atoms with E-state index in [0.29, 0.717) is 5.69 Å². The van der Waals surface area contributed by atoms with Crippen LogP contribution in [0, 0.1) is 0 Å². The minimum Gasteiger partial charge on any atom is -0.394 e. The van der Waals surface area contributed by atoms with Gasteiger partial charge in [-0.1, -0.05) is 13.3 Å². The van der Waals surface area contributed by atoms with Crippen molar-refractivity contribution in [3.63, 3.8) is 0 Å². The van der Waals surface area contributed by atoms with Crippen molar-refractivity contribution in [3.05, 3.63) is 17.5 Å². The van der Waals surface area contributed by atoms with E-state index < -0.39 is 0 Å². The number of aromatic nitrogens is 2. The predicted molar refractivity (Wildman–Crippen MR) is 56.6 cm³/mol. The predicted octanol–water partition coefficient (Wildman–Crippen LogP) is 0.473. The number of carbonyl (C=O) groups is 1. The lowest BCUT2D eigenvalue weighted by atomic mass is 10.2. The third-order valence-electron chi connectivity index (χ3n) is 2.03. The first-order chi connectivity index (χ1) is 7.17. The fraction of sp³-hybridized carbons (Fsp3) is 0.600. The van der Waals surface area contributed by atoms with Crippen LogP contribution in [0.25, 0.3) is 0 Å². The van der Waals surface area contributed by atoms with Crippen LogP contribution in [-0.2, 0) is 6.42 Å². The summed E-state index contributed by atoms with van der Waals surface area (Å²) in [6.07, 6.45) is 1.89. The molecule has 0 spiro atoms. The molecule has 0 saturated heterocycles. The van der Waals surface area contributed by atoms with Gasteiger partial charge in [0, 0.05) is 11.7 Å². The normalized spacial score (nSPS) is 12.5. The molecule has 0 aromatic carbocycles. The summed E-state index contributed by atoms with van der Waals surface area (Å²) in [5, 5.41) is 18.1. The van der Waals surface area contributed by atoms with Gasteiger partial charge in [0.15, 0.2) is 0 Å². The fourth-order valence-corrected chi connectivity index (χ4v) is 1.22. The highest BCUT2D eigenvalue weighted by molar-refractivity contribution is 5.92. The standard InChI is InChI=1S/C10H17N3O2/c1-3-4-8-5-9(13-12-8)10(15)11-7(2)6-14/h5,7,14H,3-4,6H2,1-2H3,(H,11,15)(H,12,13). The summed E-state index contributed by atoms with van der Waals surface area (Å²) in [6, 6.07) is 1.49. The van der Waals surface area contributed by atoms with Gasteiger partial charge in [-0.05, 0) is 19.4 Å². The molecular weight excluding hydrogens is 194 g/mol. The summed E-state index contributed by atoms with van der Waals surface area (Å²) in [5.74, 6) is -0.254. The molecule has 1 heterocycles. The van der Waals surface area contributed by atoms with E-state index in [0.717, 1.165) is 18.5 Å². The number of amides is 1. The number of H-pyrrole nitrogens is 1. The highest BCUT2D eigenvalue weighted by Gasteiger charge is 2.12. The van der Waals surface area contributed by atoms with Crippen LogP contribution in [0.4, 0.5) is 0 Å². The number of aliphatic hydroxyl groups is 1. The van der Waals surface area contributed by atoms with Gasteiger partial charge in [-0.2, -0.15) is 5.10 Å². The number of rotatable bonds is 5. The highest BCUT2D eigenvalue weighted by Crippen LogP contribution is 2.02. The zero-order valence-electron chi connectivity index (χ0n) is 9.08. The molecule has 1 rings (SSSR count). The SMILES string of the molecule is CCCc1cc(C(=O)NC(C)CO)n[nH]1. The first-order valence-electron chi connectivity index (χ1n) is 5.13. The van der Waals surface area contributed by atoms with Gasteiger partial charge in [-0.3, -0.25) is 9.89 Å². The van der Waals surface area contributed by atoms with E-state index in [1.54, 1.807) is 13.0 Å². The molecule has 0 aliphatic carbocycles. The Labute approximate surface area is 88.9 Å². The molecule has 1 aromatic heterocycles. The highest BCUT2D eigenvalue weighted by atomic mass is 16.3. The van der Waals surface area contributed by atoms with Crippen LogP contribution in [0.1, 0.15) is 36.5 Å². The molecule has 1 amide bonds. The second-order valence-electron chi connectivity index (χ2n) is 3.59. The molecular formula is C10H17N3O2. The van der Waals surface area contributed by atoms with Gasteiger partial charge in [0.25, 0.3) is 5.91 Å². The molecule has 0 radical (unpaired) electrons. The molecule has 84 valence electrons. The van der Waals surface area contributed by atoms with Crippen LogP contribution in [0.3, 0.4) is 0 Å². The van der Waals surface area contributed by atoms with Crippen LogP contribution in [-0.4, -0.2) is 33.9 Å². The molecule has 0 aliphatic heterocycles. The van der Waals surface area contributed by atoms with Crippen LogP contribution in [0.5, 0.6) is 0 Å². The first-order valence-corrected chi connectivity index (χ1v) is 5.13. The van der Waals surface area contributed by atoms with E-state index in [4.69, 9.17) is 5.11 Å². The van der Waals surface area contributed by atoms with Crippen molar-refractivity contribution in [1.29, 1.82) is 0 Å². The van der Waals surface area contributed by atoms with Gasteiger partial charge >= 0.3 is 0 Å². The van der Waals surface area contributed by atoms with Crippen LogP contribution < -0.4 is 5.32 Å². The number of hydrogen-bond acceptors (Lipinski definition) is 3. The van der Waals surface area contributed by atoms with E-state index in [1.807, 2.05) is 0 Å². The van der Waals surface area contributed by atoms with Crippen molar-refractivity contribution in [2.24, 2.45) is 0 Å². The van der Waals surface area contributed by atoms with Crippen LogP contribution >= 0.6 is 0 Å². The minimum atomic E-state index is -0.254. The quantitative estimate of drug-likeness (QED) is 0.662. The molecule has 0 aliphatic rings. The molecule has 1 unspecified atom stereocenters. The average molecular weight is 211 g/mol. The molecule has 15 heavy (non-hydrogen) atoms. The summed E-state index contributed by atoms with van der Waals surface area (Å²) in [4.78, 5) is 11.5. The number of aliphatic hydroxyl groups excluding tert-OH is 1. The number of nitrogens with zero attached hydrogens (tertiary/aromatic N) is 1. The van der Waals surface area contributed by atoms with Gasteiger partial charge in [0.2, 0.25) is 0 Å². The summed E-state index contributed by atoms with van der Waals surface area (Å²) >= 11 is 0. The Hall–Kier alpha value is -1.36. The maximum absolute atomic E-state index is 11.5. The summed E-state index contributed by atoms with van der Waals surface area (Å²) < 4.78 is 0. The Kier molecular flexibility index (Phi) is 4.30. The molecule has 1 aromatic rings. The summed E-state index contributed by atoms with van der Waals surface area (Å²) in [5.41, 5.74) is 1.33. The molecule has 0 saturated carbocycles. The number of aryl methyl sites for hydroxylation is 1. The lowest BCUT2D eigenvalue weighted by Gasteiger charge is -2.08. The van der Waals surface area contributed by atoms with Crippen molar-refractivity contribution < 1.29 is 9.90 Å². The van der Waals surface area contributed by atoms with Gasteiger partial charge < -0.3 is 10.4 Å². The van der Waals surface area contributed by atoms with Crippen molar-refractivity contribution in [2.45, 2.75) is 32.7 Å². The van der Waals surface area contributed by atoms with Gasteiger partial charge in [0.1, 0.15) is 5.69 Å². The van der Waals surface area contributed by atoms with Crippen molar-refractivity contribution in [2.75, 3.05) is 6.61 Å². The maximum atomic E-state index is 11.5. The summed E-state index contributed by atoms with van der Waals surface area (Å²) in [7, 11) is 0. The van der Waals surface area contributed by atoms with Gasteiger partial charge in [0.05, 0.1) is 6.61 Å². The van der Waals surface area contributed by atoms with E-state index >= 15 is 0 Å². The van der Waals surface area contributed by atoms with Crippen LogP contribution in [0.15, 0.2) is 6.07 Å². The molecule has 5 heteroatoms. The number of aromatic amines is 1. The Morgan fingerprint density at radius 1 is 1.73 bits per heavy atom. The second-order valence-corrected chi connectivity index (χ2v) is 3.59. The smallest absolute Gasteiger partial charge is 0.272 e. The van der Waals surface area contributed by atoms with Crippen molar-refractivity contribution in [3.8, 4) is 0 Å². The van der Waals surface area contributed by atoms with Gasteiger partial charge in [-0.25, -0.2) is 0 Å². The average Bonchev–Trinajstić information content (AvgIpc) is 2.67. The Morgan fingerprint density at radius 2 is 2.47 bits per heavy atom. The third kappa shape index (κ3) is 3.36. The second kappa shape index (κ2) is 5.50. The maximum Gasteiger partial charge on any atom is 0.272 e. The fourth-order valence-electron chi connectivity index (χ4n) is 1.22.